The van der Waals surface area contributed by atoms with Gasteiger partial charge in [-0.2, -0.15) is 0 Å². The normalized spacial score (nSPS) is 11.6. The summed E-state index contributed by atoms with van der Waals surface area (Å²) in [4.78, 5) is 12.4. The Labute approximate surface area is 146 Å². The molecule has 3 aromatic rings. The minimum absolute atomic E-state index is 0.123. The summed E-state index contributed by atoms with van der Waals surface area (Å²) >= 11 is 0. The molecule has 0 aliphatic heterocycles. The molecular weight excluding hydrogens is 336 g/mol. The molecule has 0 bridgehead atoms. The maximum absolute atomic E-state index is 12.1. The van der Waals surface area contributed by atoms with E-state index in [-0.39, 0.29) is 10.5 Å². The monoisotopic (exact) mass is 354 g/mol. The summed E-state index contributed by atoms with van der Waals surface area (Å²) in [5.74, 6) is 0. The van der Waals surface area contributed by atoms with Gasteiger partial charge in [-0.15, -0.1) is 0 Å². The van der Waals surface area contributed by atoms with Crippen LogP contribution in [-0.4, -0.2) is 31.4 Å². The molecule has 1 heterocycles. The molecule has 0 saturated heterocycles. The van der Waals surface area contributed by atoms with Gasteiger partial charge in [0.1, 0.15) is 0 Å². The highest BCUT2D eigenvalue weighted by Gasteiger charge is 2.16. The Morgan fingerprint density at radius 2 is 1.40 bits per heavy atom. The lowest BCUT2D eigenvalue weighted by atomic mass is 10.1. The molecule has 0 aliphatic carbocycles. The first kappa shape index (κ1) is 17.1. The topological polar surface area (TPSA) is 59.4 Å². The first-order valence-corrected chi connectivity index (χ1v) is 9.15. The van der Waals surface area contributed by atoms with E-state index in [1.54, 1.807) is 41.1 Å². The number of pyridine rings is 1. The summed E-state index contributed by atoms with van der Waals surface area (Å²) in [7, 11) is -0.458. The number of benzene rings is 2. The Hall–Kier alpha value is -2.70. The van der Waals surface area contributed by atoms with E-state index in [1.807, 2.05) is 30.3 Å². The maximum atomic E-state index is 12.1. The molecule has 0 radical (unpaired) electrons. The third-order valence-electron chi connectivity index (χ3n) is 3.91. The molecule has 1 aromatic heterocycles. The molecule has 0 fully saturated rings. The molecule has 5 nitrogen and oxygen atoms in total. The van der Waals surface area contributed by atoms with Crippen LogP contribution in [0.3, 0.4) is 0 Å². The van der Waals surface area contributed by atoms with Crippen LogP contribution in [0.1, 0.15) is 0 Å². The average Bonchev–Trinajstić information content (AvgIpc) is 2.63. The molecule has 2 aromatic carbocycles. The van der Waals surface area contributed by atoms with Gasteiger partial charge in [-0.05, 0) is 41.5 Å². The molecule has 0 atom stereocenters. The van der Waals surface area contributed by atoms with Gasteiger partial charge in [-0.25, -0.2) is 12.7 Å². The minimum Gasteiger partial charge on any atom is -0.284 e. The molecule has 128 valence electrons. The van der Waals surface area contributed by atoms with E-state index in [9.17, 15) is 13.2 Å². The SMILES string of the molecule is CN(C)S(=O)(=O)c1ccc(-c2ccc(=O)n(-c3ccccc3)c2)cc1. The highest BCUT2D eigenvalue weighted by molar-refractivity contribution is 7.89. The number of nitrogens with zero attached hydrogens (tertiary/aromatic N) is 2. The molecule has 3 rings (SSSR count). The zero-order valence-electron chi connectivity index (χ0n) is 14.0. The van der Waals surface area contributed by atoms with Crippen molar-refractivity contribution in [3.05, 3.63) is 83.3 Å². The van der Waals surface area contributed by atoms with Crippen molar-refractivity contribution in [1.82, 2.24) is 8.87 Å². The fourth-order valence-electron chi connectivity index (χ4n) is 2.48. The smallest absolute Gasteiger partial charge is 0.255 e. The third kappa shape index (κ3) is 3.40. The Kier molecular flexibility index (Phi) is 4.57. The van der Waals surface area contributed by atoms with E-state index in [4.69, 9.17) is 0 Å². The van der Waals surface area contributed by atoms with Crippen LogP contribution in [-0.2, 0) is 10.0 Å². The van der Waals surface area contributed by atoms with Gasteiger partial charge >= 0.3 is 0 Å². The van der Waals surface area contributed by atoms with E-state index in [0.717, 1.165) is 16.8 Å². The van der Waals surface area contributed by atoms with Crippen molar-refractivity contribution >= 4 is 10.0 Å². The summed E-state index contributed by atoms with van der Waals surface area (Å²) in [5, 5.41) is 0. The van der Waals surface area contributed by atoms with E-state index in [1.165, 1.54) is 24.5 Å². The lowest BCUT2D eigenvalue weighted by Crippen LogP contribution is -2.22. The molecule has 0 aliphatic rings. The van der Waals surface area contributed by atoms with Crippen LogP contribution < -0.4 is 5.56 Å². The summed E-state index contributed by atoms with van der Waals surface area (Å²) in [5.41, 5.74) is 2.32. The lowest BCUT2D eigenvalue weighted by molar-refractivity contribution is 0.521. The fourth-order valence-corrected chi connectivity index (χ4v) is 3.38. The van der Waals surface area contributed by atoms with E-state index in [0.29, 0.717) is 0 Å². The van der Waals surface area contributed by atoms with Crippen molar-refractivity contribution in [3.8, 4) is 16.8 Å². The van der Waals surface area contributed by atoms with Crippen LogP contribution in [0.4, 0.5) is 0 Å². The Morgan fingerprint density at radius 3 is 2.00 bits per heavy atom. The van der Waals surface area contributed by atoms with Crippen molar-refractivity contribution in [2.24, 2.45) is 0 Å². The molecule has 0 spiro atoms. The number of hydrogen-bond donors (Lipinski definition) is 0. The first-order chi connectivity index (χ1) is 11.9. The molecule has 0 N–H and O–H groups in total. The van der Waals surface area contributed by atoms with Gasteiger partial charge in [0, 0.05) is 32.0 Å². The van der Waals surface area contributed by atoms with Crippen molar-refractivity contribution < 1.29 is 8.42 Å². The van der Waals surface area contributed by atoms with Crippen LogP contribution in [0.2, 0.25) is 0 Å². The fraction of sp³-hybridized carbons (Fsp3) is 0.105. The minimum atomic E-state index is -3.46. The Bertz CT molecular complexity index is 1040. The quantitative estimate of drug-likeness (QED) is 0.724. The van der Waals surface area contributed by atoms with Crippen LogP contribution in [0.25, 0.3) is 16.8 Å². The zero-order chi connectivity index (χ0) is 18.0. The van der Waals surface area contributed by atoms with Crippen LogP contribution >= 0.6 is 0 Å². The van der Waals surface area contributed by atoms with Gasteiger partial charge in [-0.3, -0.25) is 9.36 Å². The van der Waals surface area contributed by atoms with Crippen LogP contribution in [0.15, 0.2) is 82.6 Å². The molecule has 0 amide bonds. The molecule has 25 heavy (non-hydrogen) atoms. The van der Waals surface area contributed by atoms with E-state index >= 15 is 0 Å². The first-order valence-electron chi connectivity index (χ1n) is 7.71. The van der Waals surface area contributed by atoms with Crippen LogP contribution in [0.5, 0.6) is 0 Å². The van der Waals surface area contributed by atoms with Crippen molar-refractivity contribution in [2.75, 3.05) is 14.1 Å². The maximum Gasteiger partial charge on any atom is 0.255 e. The largest absolute Gasteiger partial charge is 0.284 e. The highest BCUT2D eigenvalue weighted by Crippen LogP contribution is 2.22. The van der Waals surface area contributed by atoms with Crippen molar-refractivity contribution in [1.29, 1.82) is 0 Å². The molecular formula is C19H18N2O3S. The number of aromatic nitrogens is 1. The summed E-state index contributed by atoms with van der Waals surface area (Å²) in [6.07, 6.45) is 1.76. The summed E-state index contributed by atoms with van der Waals surface area (Å²) in [6, 6.07) is 19.2. The van der Waals surface area contributed by atoms with E-state index < -0.39 is 10.0 Å². The van der Waals surface area contributed by atoms with Gasteiger partial charge in [0.15, 0.2) is 0 Å². The predicted octanol–water partition coefficient (Wildman–Crippen LogP) is 2.75. The standard InChI is InChI=1S/C19H18N2O3S/c1-20(2)25(23,24)18-11-8-15(9-12-18)16-10-13-19(22)21(14-16)17-6-4-3-5-7-17/h3-14H,1-2H3. The average molecular weight is 354 g/mol. The highest BCUT2D eigenvalue weighted by atomic mass is 32.2. The van der Waals surface area contributed by atoms with Gasteiger partial charge in [0.25, 0.3) is 5.56 Å². The number of sulfonamides is 1. The predicted molar refractivity (Wildman–Crippen MR) is 98.3 cm³/mol. The second-order valence-corrected chi connectivity index (χ2v) is 7.93. The molecule has 0 saturated carbocycles. The molecule has 0 unspecified atom stereocenters. The molecule has 6 heteroatoms. The van der Waals surface area contributed by atoms with Gasteiger partial charge in [0.05, 0.1) is 4.90 Å². The van der Waals surface area contributed by atoms with Gasteiger partial charge in [0.2, 0.25) is 10.0 Å². The Morgan fingerprint density at radius 1 is 0.800 bits per heavy atom. The summed E-state index contributed by atoms with van der Waals surface area (Å²) in [6.45, 7) is 0. The second-order valence-electron chi connectivity index (χ2n) is 5.77. The zero-order valence-corrected chi connectivity index (χ0v) is 14.8. The van der Waals surface area contributed by atoms with Crippen LogP contribution in [0, 0.1) is 0 Å². The number of hydrogen-bond acceptors (Lipinski definition) is 3. The summed E-state index contributed by atoms with van der Waals surface area (Å²) < 4.78 is 27.0. The van der Waals surface area contributed by atoms with Crippen molar-refractivity contribution in [3.63, 3.8) is 0 Å². The van der Waals surface area contributed by atoms with Gasteiger partial charge < -0.3 is 0 Å². The third-order valence-corrected chi connectivity index (χ3v) is 5.74. The number of rotatable bonds is 4. The van der Waals surface area contributed by atoms with Crippen molar-refractivity contribution in [2.45, 2.75) is 4.90 Å². The Balaban J connectivity index is 2.02. The van der Waals surface area contributed by atoms with E-state index in [2.05, 4.69) is 0 Å². The van der Waals surface area contributed by atoms with Gasteiger partial charge in [-0.1, -0.05) is 30.3 Å². The number of para-hydroxylation sites is 1. The lowest BCUT2D eigenvalue weighted by Gasteiger charge is -2.12. The second kappa shape index (κ2) is 6.66.